The van der Waals surface area contributed by atoms with Gasteiger partial charge >= 0.3 is 0 Å². The van der Waals surface area contributed by atoms with Gasteiger partial charge in [-0.25, -0.2) is 8.42 Å². The predicted molar refractivity (Wildman–Crippen MR) is 81.8 cm³/mol. The molecule has 0 atom stereocenters. The first-order valence-corrected chi connectivity index (χ1v) is 8.25. The Morgan fingerprint density at radius 3 is 1.85 bits per heavy atom. The fourth-order valence-corrected chi connectivity index (χ4v) is 4.45. The molecule has 0 spiro atoms. The molecule has 0 aromatic heterocycles. The lowest BCUT2D eigenvalue weighted by molar-refractivity contribution is 0.300. The molecule has 1 rings (SSSR count). The van der Waals surface area contributed by atoms with Gasteiger partial charge in [-0.05, 0) is 64.8 Å². The Bertz CT molecular complexity index is 569. The standard InChI is InChI=1S/C15H25NO3S/c1-10(2)16(11(3)4)20(17,18)15-9-13(6)12(5)8-14(15)19-7/h8-11H,1-7H3. The molecule has 0 aliphatic rings. The normalized spacial score (nSPS) is 12.5. The summed E-state index contributed by atoms with van der Waals surface area (Å²) in [5.74, 6) is 0.402. The number of rotatable bonds is 5. The van der Waals surface area contributed by atoms with Gasteiger partial charge in [0.2, 0.25) is 10.0 Å². The van der Waals surface area contributed by atoms with Gasteiger partial charge in [-0.15, -0.1) is 0 Å². The molecule has 5 heteroatoms. The maximum absolute atomic E-state index is 12.9. The van der Waals surface area contributed by atoms with Gasteiger partial charge in [0.1, 0.15) is 10.6 Å². The Hall–Kier alpha value is -1.07. The molecule has 20 heavy (non-hydrogen) atoms. The van der Waals surface area contributed by atoms with E-state index in [9.17, 15) is 8.42 Å². The van der Waals surface area contributed by atoms with E-state index in [0.717, 1.165) is 11.1 Å². The van der Waals surface area contributed by atoms with Gasteiger partial charge in [0.25, 0.3) is 0 Å². The molecular weight excluding hydrogens is 274 g/mol. The van der Waals surface area contributed by atoms with E-state index in [1.807, 2.05) is 41.5 Å². The highest BCUT2D eigenvalue weighted by molar-refractivity contribution is 7.89. The fraction of sp³-hybridized carbons (Fsp3) is 0.600. The number of ether oxygens (including phenoxy) is 1. The van der Waals surface area contributed by atoms with E-state index < -0.39 is 10.0 Å². The van der Waals surface area contributed by atoms with Crippen LogP contribution in [0.5, 0.6) is 5.75 Å². The summed E-state index contributed by atoms with van der Waals surface area (Å²) in [5.41, 5.74) is 1.96. The Balaban J connectivity index is 3.52. The van der Waals surface area contributed by atoms with Gasteiger partial charge in [-0.2, -0.15) is 4.31 Å². The number of aryl methyl sites for hydroxylation is 2. The van der Waals surface area contributed by atoms with Crippen molar-refractivity contribution in [2.24, 2.45) is 0 Å². The van der Waals surface area contributed by atoms with Crippen LogP contribution in [0.2, 0.25) is 0 Å². The van der Waals surface area contributed by atoms with Crippen LogP contribution < -0.4 is 4.74 Å². The molecular formula is C15H25NO3S. The minimum atomic E-state index is -3.57. The lowest BCUT2D eigenvalue weighted by atomic mass is 10.1. The summed E-state index contributed by atoms with van der Waals surface area (Å²) in [4.78, 5) is 0.241. The largest absolute Gasteiger partial charge is 0.495 e. The molecule has 114 valence electrons. The highest BCUT2D eigenvalue weighted by Crippen LogP contribution is 2.31. The summed E-state index contributed by atoms with van der Waals surface area (Å²) >= 11 is 0. The number of sulfonamides is 1. The number of nitrogens with zero attached hydrogens (tertiary/aromatic N) is 1. The summed E-state index contributed by atoms with van der Waals surface area (Å²) in [6.45, 7) is 11.4. The summed E-state index contributed by atoms with van der Waals surface area (Å²) in [5, 5.41) is 0. The number of methoxy groups -OCH3 is 1. The molecule has 1 aromatic carbocycles. The van der Waals surface area contributed by atoms with Crippen LogP contribution >= 0.6 is 0 Å². The molecule has 0 fully saturated rings. The van der Waals surface area contributed by atoms with E-state index in [0.29, 0.717) is 5.75 Å². The lowest BCUT2D eigenvalue weighted by Crippen LogP contribution is -2.42. The highest BCUT2D eigenvalue weighted by Gasteiger charge is 2.32. The minimum absolute atomic E-state index is 0.105. The Morgan fingerprint density at radius 2 is 1.45 bits per heavy atom. The summed E-state index contributed by atoms with van der Waals surface area (Å²) in [7, 11) is -2.08. The van der Waals surface area contributed by atoms with E-state index in [-0.39, 0.29) is 17.0 Å². The second-order valence-electron chi connectivity index (χ2n) is 5.61. The predicted octanol–water partition coefficient (Wildman–Crippen LogP) is 3.12. The number of hydrogen-bond acceptors (Lipinski definition) is 3. The zero-order valence-electron chi connectivity index (χ0n) is 13.4. The van der Waals surface area contributed by atoms with Gasteiger partial charge in [0.05, 0.1) is 7.11 Å². The first-order valence-electron chi connectivity index (χ1n) is 6.81. The van der Waals surface area contributed by atoms with E-state index in [2.05, 4.69) is 0 Å². The van der Waals surface area contributed by atoms with Crippen molar-refractivity contribution in [3.63, 3.8) is 0 Å². The molecule has 0 saturated carbocycles. The summed E-state index contributed by atoms with van der Waals surface area (Å²) < 4.78 is 32.6. The van der Waals surface area contributed by atoms with Crippen LogP contribution in [-0.4, -0.2) is 31.9 Å². The third kappa shape index (κ3) is 3.15. The third-order valence-electron chi connectivity index (χ3n) is 3.35. The Kier molecular flexibility index (Phi) is 5.21. The van der Waals surface area contributed by atoms with Gasteiger partial charge in [0, 0.05) is 12.1 Å². The number of benzene rings is 1. The van der Waals surface area contributed by atoms with Crippen molar-refractivity contribution in [3.8, 4) is 5.75 Å². The summed E-state index contributed by atoms with van der Waals surface area (Å²) in [6, 6.07) is 3.26. The zero-order chi connectivity index (χ0) is 15.7. The van der Waals surface area contributed by atoms with Gasteiger partial charge in [0.15, 0.2) is 0 Å². The van der Waals surface area contributed by atoms with Crippen LogP contribution in [0.25, 0.3) is 0 Å². The molecule has 0 aliphatic carbocycles. The topological polar surface area (TPSA) is 46.6 Å². The smallest absolute Gasteiger partial charge is 0.247 e. The molecule has 0 amide bonds. The van der Waals surface area contributed by atoms with Crippen LogP contribution in [0.15, 0.2) is 17.0 Å². The van der Waals surface area contributed by atoms with Crippen molar-refractivity contribution < 1.29 is 13.2 Å². The van der Waals surface area contributed by atoms with Crippen molar-refractivity contribution in [3.05, 3.63) is 23.3 Å². The lowest BCUT2D eigenvalue weighted by Gasteiger charge is -2.30. The number of hydrogen-bond donors (Lipinski definition) is 0. The van der Waals surface area contributed by atoms with Gasteiger partial charge in [-0.3, -0.25) is 0 Å². The average molecular weight is 299 g/mol. The second-order valence-corrected chi connectivity index (χ2v) is 7.42. The molecule has 0 heterocycles. The molecule has 0 bridgehead atoms. The first kappa shape index (κ1) is 17.0. The maximum Gasteiger partial charge on any atom is 0.247 e. The van der Waals surface area contributed by atoms with Gasteiger partial charge in [-0.1, -0.05) is 0 Å². The van der Waals surface area contributed by atoms with Crippen molar-refractivity contribution in [2.45, 2.75) is 58.5 Å². The molecule has 0 saturated heterocycles. The average Bonchev–Trinajstić information content (AvgIpc) is 2.30. The third-order valence-corrected chi connectivity index (χ3v) is 5.63. The highest BCUT2D eigenvalue weighted by atomic mass is 32.2. The second kappa shape index (κ2) is 6.14. The van der Waals surface area contributed by atoms with Crippen molar-refractivity contribution >= 4 is 10.0 Å². The van der Waals surface area contributed by atoms with Crippen molar-refractivity contribution in [1.29, 1.82) is 0 Å². The quantitative estimate of drug-likeness (QED) is 0.839. The van der Waals surface area contributed by atoms with Crippen LogP contribution in [0, 0.1) is 13.8 Å². The fourth-order valence-electron chi connectivity index (χ4n) is 2.39. The summed E-state index contributed by atoms with van der Waals surface area (Å²) in [6.07, 6.45) is 0. The van der Waals surface area contributed by atoms with Crippen molar-refractivity contribution in [1.82, 2.24) is 4.31 Å². The minimum Gasteiger partial charge on any atom is -0.495 e. The molecule has 0 unspecified atom stereocenters. The Labute approximate surface area is 122 Å². The molecule has 4 nitrogen and oxygen atoms in total. The van der Waals surface area contributed by atoms with Crippen LogP contribution in [0.3, 0.4) is 0 Å². The SMILES string of the molecule is COc1cc(C)c(C)cc1S(=O)(=O)N(C(C)C)C(C)C. The molecule has 0 aliphatic heterocycles. The maximum atomic E-state index is 12.9. The van der Waals surface area contributed by atoms with E-state index >= 15 is 0 Å². The van der Waals surface area contributed by atoms with Crippen LogP contribution in [-0.2, 0) is 10.0 Å². The molecule has 0 radical (unpaired) electrons. The van der Waals surface area contributed by atoms with Crippen molar-refractivity contribution in [2.75, 3.05) is 7.11 Å². The van der Waals surface area contributed by atoms with E-state index in [1.54, 1.807) is 12.1 Å². The molecule has 1 aromatic rings. The monoisotopic (exact) mass is 299 g/mol. The van der Waals surface area contributed by atoms with Gasteiger partial charge < -0.3 is 4.74 Å². The Morgan fingerprint density at radius 1 is 1.00 bits per heavy atom. The molecule has 0 N–H and O–H groups in total. The first-order chi connectivity index (χ1) is 9.12. The van der Waals surface area contributed by atoms with E-state index in [1.165, 1.54) is 11.4 Å². The van der Waals surface area contributed by atoms with Crippen LogP contribution in [0.4, 0.5) is 0 Å². The van der Waals surface area contributed by atoms with Crippen LogP contribution in [0.1, 0.15) is 38.8 Å². The zero-order valence-corrected chi connectivity index (χ0v) is 14.2. The van der Waals surface area contributed by atoms with E-state index in [4.69, 9.17) is 4.74 Å².